The van der Waals surface area contributed by atoms with Crippen molar-refractivity contribution in [3.63, 3.8) is 0 Å². The summed E-state index contributed by atoms with van der Waals surface area (Å²) in [6, 6.07) is 11.1. The van der Waals surface area contributed by atoms with Crippen molar-refractivity contribution in [1.29, 1.82) is 0 Å². The third kappa shape index (κ3) is 3.35. The van der Waals surface area contributed by atoms with Gasteiger partial charge in [0.15, 0.2) is 0 Å². The zero-order valence-electron chi connectivity index (χ0n) is 11.2. The number of nitrogens with one attached hydrogen (secondary N) is 1. The van der Waals surface area contributed by atoms with E-state index in [1.807, 2.05) is 24.3 Å². The van der Waals surface area contributed by atoms with E-state index in [9.17, 15) is 5.11 Å². The minimum atomic E-state index is -0.113. The number of nitrogens with two attached hydrogens (primary N) is 1. The quantitative estimate of drug-likeness (QED) is 0.741. The number of aliphatic hydroxyl groups is 1. The summed E-state index contributed by atoms with van der Waals surface area (Å²) in [5, 5.41) is 13.0. The van der Waals surface area contributed by atoms with Gasteiger partial charge in [-0.1, -0.05) is 23.7 Å². The number of anilines is 2. The molecule has 20 heavy (non-hydrogen) atoms. The number of methoxy groups -OCH3 is 1. The zero-order chi connectivity index (χ0) is 14.5. The van der Waals surface area contributed by atoms with E-state index >= 15 is 0 Å². The summed E-state index contributed by atoms with van der Waals surface area (Å²) >= 11 is 6.18. The average Bonchev–Trinajstić information content (AvgIpc) is 2.45. The molecule has 0 heterocycles. The Morgan fingerprint density at radius 3 is 2.75 bits per heavy atom. The minimum absolute atomic E-state index is 0.113. The Labute approximate surface area is 123 Å². The number of nitrogen functional groups attached to an aromatic ring is 1. The van der Waals surface area contributed by atoms with Gasteiger partial charge in [0.25, 0.3) is 0 Å². The molecule has 0 saturated heterocycles. The minimum Gasteiger partial charge on any atom is -0.496 e. The second kappa shape index (κ2) is 6.50. The lowest BCUT2D eigenvalue weighted by Gasteiger charge is -2.13. The van der Waals surface area contributed by atoms with Gasteiger partial charge in [0.2, 0.25) is 0 Å². The van der Waals surface area contributed by atoms with E-state index in [-0.39, 0.29) is 6.61 Å². The molecule has 0 aliphatic carbocycles. The van der Waals surface area contributed by atoms with Gasteiger partial charge in [0.1, 0.15) is 5.75 Å². The SMILES string of the molecule is COc1cc(NCc2cccc(N)c2)c(Cl)cc1CO. The molecule has 5 heteroatoms. The topological polar surface area (TPSA) is 67.5 Å². The molecule has 0 amide bonds. The van der Waals surface area contributed by atoms with Gasteiger partial charge in [-0.05, 0) is 23.8 Å². The second-order valence-electron chi connectivity index (χ2n) is 4.40. The fraction of sp³-hybridized carbons (Fsp3) is 0.200. The fourth-order valence-electron chi connectivity index (χ4n) is 1.94. The third-order valence-electron chi connectivity index (χ3n) is 2.97. The normalized spacial score (nSPS) is 10.3. The fourth-order valence-corrected chi connectivity index (χ4v) is 2.20. The molecular formula is C15H17ClN2O2. The number of ether oxygens (including phenoxy) is 1. The Balaban J connectivity index is 2.17. The summed E-state index contributed by atoms with van der Waals surface area (Å²) in [6.45, 7) is 0.491. The van der Waals surface area contributed by atoms with Crippen LogP contribution >= 0.6 is 11.6 Å². The predicted molar refractivity (Wildman–Crippen MR) is 82.1 cm³/mol. The second-order valence-corrected chi connectivity index (χ2v) is 4.81. The van der Waals surface area contributed by atoms with Crippen LogP contribution in [0.3, 0.4) is 0 Å². The molecule has 0 bridgehead atoms. The lowest BCUT2D eigenvalue weighted by atomic mass is 10.1. The van der Waals surface area contributed by atoms with Gasteiger partial charge in [-0.3, -0.25) is 0 Å². The van der Waals surface area contributed by atoms with Crippen molar-refractivity contribution >= 4 is 23.0 Å². The smallest absolute Gasteiger partial charge is 0.126 e. The maximum absolute atomic E-state index is 9.23. The molecule has 2 aromatic rings. The van der Waals surface area contributed by atoms with Crippen molar-refractivity contribution in [2.24, 2.45) is 0 Å². The van der Waals surface area contributed by atoms with E-state index in [2.05, 4.69) is 5.32 Å². The summed E-state index contributed by atoms with van der Waals surface area (Å²) in [5.41, 5.74) is 8.94. The molecule has 0 aliphatic rings. The molecule has 0 unspecified atom stereocenters. The molecule has 0 fully saturated rings. The Kier molecular flexibility index (Phi) is 4.71. The molecule has 0 aromatic heterocycles. The van der Waals surface area contributed by atoms with Crippen LogP contribution in [-0.4, -0.2) is 12.2 Å². The monoisotopic (exact) mass is 292 g/mol. The van der Waals surface area contributed by atoms with Crippen molar-refractivity contribution in [2.75, 3.05) is 18.2 Å². The number of benzene rings is 2. The van der Waals surface area contributed by atoms with Crippen LogP contribution in [0, 0.1) is 0 Å². The van der Waals surface area contributed by atoms with Crippen molar-refractivity contribution in [3.05, 3.63) is 52.5 Å². The number of halogens is 1. The predicted octanol–water partition coefficient (Wildman–Crippen LogP) is 3.04. The standard InChI is InChI=1S/C15H17ClN2O2/c1-20-15-7-14(13(16)6-11(15)9-19)18-8-10-3-2-4-12(17)5-10/h2-7,18-19H,8-9,17H2,1H3. The Morgan fingerprint density at radius 1 is 1.30 bits per heavy atom. The van der Waals surface area contributed by atoms with Gasteiger partial charge in [-0.2, -0.15) is 0 Å². The van der Waals surface area contributed by atoms with Crippen LogP contribution in [0.2, 0.25) is 5.02 Å². The first-order chi connectivity index (χ1) is 9.63. The summed E-state index contributed by atoms with van der Waals surface area (Å²) < 4.78 is 5.22. The molecule has 2 rings (SSSR count). The first-order valence-corrected chi connectivity index (χ1v) is 6.57. The highest BCUT2D eigenvalue weighted by atomic mass is 35.5. The Bertz CT molecular complexity index is 602. The van der Waals surface area contributed by atoms with Gasteiger partial charge >= 0.3 is 0 Å². The molecule has 4 N–H and O–H groups in total. The average molecular weight is 293 g/mol. The summed E-state index contributed by atoms with van der Waals surface area (Å²) in [4.78, 5) is 0. The maximum Gasteiger partial charge on any atom is 0.126 e. The van der Waals surface area contributed by atoms with Gasteiger partial charge in [-0.25, -0.2) is 0 Å². The zero-order valence-corrected chi connectivity index (χ0v) is 11.9. The van der Waals surface area contributed by atoms with Crippen LogP contribution in [0.15, 0.2) is 36.4 Å². The van der Waals surface area contributed by atoms with Crippen molar-refractivity contribution < 1.29 is 9.84 Å². The van der Waals surface area contributed by atoms with E-state index in [4.69, 9.17) is 22.1 Å². The van der Waals surface area contributed by atoms with Crippen LogP contribution in [0.5, 0.6) is 5.75 Å². The summed E-state index contributed by atoms with van der Waals surface area (Å²) in [6.07, 6.45) is 0. The molecular weight excluding hydrogens is 276 g/mol. The van der Waals surface area contributed by atoms with E-state index < -0.39 is 0 Å². The van der Waals surface area contributed by atoms with E-state index in [0.29, 0.717) is 22.9 Å². The third-order valence-corrected chi connectivity index (χ3v) is 3.29. The molecule has 0 aliphatic heterocycles. The lowest BCUT2D eigenvalue weighted by molar-refractivity contribution is 0.274. The largest absolute Gasteiger partial charge is 0.496 e. The Morgan fingerprint density at radius 2 is 2.10 bits per heavy atom. The van der Waals surface area contributed by atoms with Crippen LogP contribution in [0.25, 0.3) is 0 Å². The number of hydrogen-bond acceptors (Lipinski definition) is 4. The van der Waals surface area contributed by atoms with Crippen LogP contribution in [-0.2, 0) is 13.2 Å². The van der Waals surface area contributed by atoms with Gasteiger partial charge in [-0.15, -0.1) is 0 Å². The van der Waals surface area contributed by atoms with E-state index in [0.717, 1.165) is 16.9 Å². The highest BCUT2D eigenvalue weighted by Gasteiger charge is 2.08. The van der Waals surface area contributed by atoms with Crippen molar-refractivity contribution in [1.82, 2.24) is 0 Å². The molecule has 0 spiro atoms. The Hall–Kier alpha value is -1.91. The van der Waals surface area contributed by atoms with Gasteiger partial charge in [0.05, 0.1) is 24.4 Å². The molecule has 106 valence electrons. The lowest BCUT2D eigenvalue weighted by Crippen LogP contribution is -2.02. The molecule has 4 nitrogen and oxygen atoms in total. The highest BCUT2D eigenvalue weighted by Crippen LogP contribution is 2.31. The number of rotatable bonds is 5. The number of aliphatic hydroxyl groups excluding tert-OH is 1. The molecule has 0 radical (unpaired) electrons. The highest BCUT2D eigenvalue weighted by molar-refractivity contribution is 6.33. The number of hydrogen-bond donors (Lipinski definition) is 3. The first kappa shape index (κ1) is 14.5. The van der Waals surface area contributed by atoms with Crippen molar-refractivity contribution in [3.8, 4) is 5.75 Å². The van der Waals surface area contributed by atoms with Crippen LogP contribution in [0.4, 0.5) is 11.4 Å². The van der Waals surface area contributed by atoms with Gasteiger partial charge < -0.3 is 20.9 Å². The first-order valence-electron chi connectivity index (χ1n) is 6.19. The van der Waals surface area contributed by atoms with E-state index in [1.54, 1.807) is 19.2 Å². The molecule has 2 aromatic carbocycles. The summed E-state index contributed by atoms with van der Waals surface area (Å²) in [5.74, 6) is 0.604. The molecule has 0 atom stereocenters. The summed E-state index contributed by atoms with van der Waals surface area (Å²) in [7, 11) is 1.56. The maximum atomic E-state index is 9.23. The van der Waals surface area contributed by atoms with E-state index in [1.165, 1.54) is 0 Å². The molecule has 0 saturated carbocycles. The van der Waals surface area contributed by atoms with Crippen molar-refractivity contribution in [2.45, 2.75) is 13.2 Å². The van der Waals surface area contributed by atoms with Gasteiger partial charge in [0, 0.05) is 23.9 Å². The van der Waals surface area contributed by atoms with Crippen LogP contribution < -0.4 is 15.8 Å². The van der Waals surface area contributed by atoms with Crippen LogP contribution in [0.1, 0.15) is 11.1 Å².